The van der Waals surface area contributed by atoms with Crippen LogP contribution in [0.1, 0.15) is 35.1 Å². The number of oxazole rings is 1. The zero-order valence-electron chi connectivity index (χ0n) is 15.7. The fraction of sp³-hybridized carbons (Fsp3) is 0.167. The van der Waals surface area contributed by atoms with Gasteiger partial charge in [0.15, 0.2) is 5.58 Å². The van der Waals surface area contributed by atoms with E-state index < -0.39 is 0 Å². The van der Waals surface area contributed by atoms with Gasteiger partial charge in [-0.2, -0.15) is 0 Å². The summed E-state index contributed by atoms with van der Waals surface area (Å²) in [6.45, 7) is 0.712. The molecule has 5 heteroatoms. The number of likely N-dealkylation sites (tertiary alicyclic amines) is 1. The monoisotopic (exact) mass is 446 g/mol. The number of halogens is 1. The van der Waals surface area contributed by atoms with Crippen LogP contribution in [-0.2, 0) is 0 Å². The average molecular weight is 447 g/mol. The van der Waals surface area contributed by atoms with Crippen molar-refractivity contribution < 1.29 is 9.21 Å². The van der Waals surface area contributed by atoms with Gasteiger partial charge in [-0.05, 0) is 54.3 Å². The molecule has 1 saturated heterocycles. The van der Waals surface area contributed by atoms with Gasteiger partial charge in [0.2, 0.25) is 5.89 Å². The van der Waals surface area contributed by atoms with Gasteiger partial charge < -0.3 is 9.32 Å². The van der Waals surface area contributed by atoms with Crippen LogP contribution in [0.4, 0.5) is 0 Å². The van der Waals surface area contributed by atoms with Crippen LogP contribution < -0.4 is 0 Å². The summed E-state index contributed by atoms with van der Waals surface area (Å²) >= 11 is 3.45. The lowest BCUT2D eigenvalue weighted by Gasteiger charge is -2.22. The van der Waals surface area contributed by atoms with E-state index >= 15 is 0 Å². The van der Waals surface area contributed by atoms with Gasteiger partial charge in [0.1, 0.15) is 11.6 Å². The molecule has 1 aliphatic rings. The van der Waals surface area contributed by atoms with Crippen molar-refractivity contribution >= 4 is 32.9 Å². The Morgan fingerprint density at radius 2 is 1.86 bits per heavy atom. The van der Waals surface area contributed by atoms with Gasteiger partial charge in [-0.3, -0.25) is 4.79 Å². The van der Waals surface area contributed by atoms with Gasteiger partial charge in [0.05, 0.1) is 0 Å². The number of benzene rings is 3. The van der Waals surface area contributed by atoms with Crippen molar-refractivity contribution in [1.82, 2.24) is 9.88 Å². The van der Waals surface area contributed by atoms with Crippen molar-refractivity contribution in [3.63, 3.8) is 0 Å². The standard InChI is InChI=1S/C24H19BrN2O2/c25-19-9-4-8-18(14-19)24(28)27-13-5-10-21(27)23-26-20-15-17(11-12-22(20)29-23)16-6-2-1-3-7-16/h1-4,6-9,11-12,14-15,21H,5,10,13H2/t21-/m0/s1. The molecule has 0 spiro atoms. The van der Waals surface area contributed by atoms with Crippen molar-refractivity contribution in [2.75, 3.05) is 6.54 Å². The van der Waals surface area contributed by atoms with E-state index in [0.29, 0.717) is 18.0 Å². The van der Waals surface area contributed by atoms with E-state index in [4.69, 9.17) is 9.40 Å². The average Bonchev–Trinajstić information content (AvgIpc) is 3.40. The molecule has 1 amide bonds. The third-order valence-corrected chi connectivity index (χ3v) is 5.87. The van der Waals surface area contributed by atoms with E-state index in [0.717, 1.165) is 39.5 Å². The van der Waals surface area contributed by atoms with Crippen LogP contribution in [0.15, 0.2) is 81.7 Å². The molecule has 1 fully saturated rings. The number of nitrogens with zero attached hydrogens (tertiary/aromatic N) is 2. The first-order valence-electron chi connectivity index (χ1n) is 9.71. The number of hydrogen-bond acceptors (Lipinski definition) is 3. The Morgan fingerprint density at radius 1 is 1.00 bits per heavy atom. The minimum Gasteiger partial charge on any atom is -0.438 e. The number of aromatic nitrogens is 1. The molecular weight excluding hydrogens is 428 g/mol. The summed E-state index contributed by atoms with van der Waals surface area (Å²) in [5.41, 5.74) is 4.50. The SMILES string of the molecule is O=C(c1cccc(Br)c1)N1CCC[C@H]1c1nc2cc(-c3ccccc3)ccc2o1. The Labute approximate surface area is 177 Å². The fourth-order valence-corrected chi connectivity index (χ4v) is 4.35. The molecule has 2 heterocycles. The molecule has 1 atom stereocenters. The normalized spacial score (nSPS) is 16.4. The van der Waals surface area contributed by atoms with Gasteiger partial charge in [-0.25, -0.2) is 4.98 Å². The number of fused-ring (bicyclic) bond motifs is 1. The van der Waals surface area contributed by atoms with Crippen LogP contribution in [0.2, 0.25) is 0 Å². The van der Waals surface area contributed by atoms with Crippen molar-refractivity contribution in [1.29, 1.82) is 0 Å². The molecule has 144 valence electrons. The third-order valence-electron chi connectivity index (χ3n) is 5.38. The second-order valence-electron chi connectivity index (χ2n) is 7.27. The molecule has 5 rings (SSSR count). The molecule has 1 aromatic heterocycles. The number of carbonyl (C=O) groups excluding carboxylic acids is 1. The highest BCUT2D eigenvalue weighted by molar-refractivity contribution is 9.10. The summed E-state index contributed by atoms with van der Waals surface area (Å²) in [6, 6.07) is 23.7. The van der Waals surface area contributed by atoms with E-state index in [-0.39, 0.29) is 11.9 Å². The molecule has 4 nitrogen and oxygen atoms in total. The summed E-state index contributed by atoms with van der Waals surface area (Å²) in [6.07, 6.45) is 1.80. The minimum absolute atomic E-state index is 0.0148. The number of amides is 1. The van der Waals surface area contributed by atoms with E-state index in [2.05, 4.69) is 28.1 Å². The summed E-state index contributed by atoms with van der Waals surface area (Å²) in [5, 5.41) is 0. The topological polar surface area (TPSA) is 46.3 Å². The van der Waals surface area contributed by atoms with Crippen LogP contribution in [0.5, 0.6) is 0 Å². The van der Waals surface area contributed by atoms with Gasteiger partial charge >= 0.3 is 0 Å². The van der Waals surface area contributed by atoms with Gasteiger partial charge in [-0.15, -0.1) is 0 Å². The van der Waals surface area contributed by atoms with Gasteiger partial charge in [-0.1, -0.05) is 58.4 Å². The van der Waals surface area contributed by atoms with Crippen molar-refractivity contribution in [3.8, 4) is 11.1 Å². The second kappa shape index (κ2) is 7.48. The summed E-state index contributed by atoms with van der Waals surface area (Å²) < 4.78 is 6.97. The maximum atomic E-state index is 13.1. The van der Waals surface area contributed by atoms with Crippen LogP contribution in [0, 0.1) is 0 Å². The first-order chi connectivity index (χ1) is 14.2. The Morgan fingerprint density at radius 3 is 2.69 bits per heavy atom. The van der Waals surface area contributed by atoms with Crippen LogP contribution in [0.25, 0.3) is 22.2 Å². The van der Waals surface area contributed by atoms with Crippen LogP contribution >= 0.6 is 15.9 Å². The summed E-state index contributed by atoms with van der Waals surface area (Å²) in [5.74, 6) is 0.632. The number of rotatable bonds is 3. The zero-order valence-corrected chi connectivity index (χ0v) is 17.3. The Kier molecular flexibility index (Phi) is 4.68. The molecule has 0 aliphatic carbocycles. The van der Waals surface area contributed by atoms with Gasteiger partial charge in [0.25, 0.3) is 5.91 Å². The van der Waals surface area contributed by atoms with Crippen molar-refractivity contribution in [2.45, 2.75) is 18.9 Å². The van der Waals surface area contributed by atoms with Crippen molar-refractivity contribution in [2.24, 2.45) is 0 Å². The molecular formula is C24H19BrN2O2. The molecule has 29 heavy (non-hydrogen) atoms. The van der Waals surface area contributed by atoms with Crippen LogP contribution in [-0.4, -0.2) is 22.3 Å². The van der Waals surface area contributed by atoms with Crippen molar-refractivity contribution in [3.05, 3.63) is 88.7 Å². The number of hydrogen-bond donors (Lipinski definition) is 0. The molecule has 0 N–H and O–H groups in total. The maximum Gasteiger partial charge on any atom is 0.254 e. The lowest BCUT2D eigenvalue weighted by atomic mass is 10.1. The predicted octanol–water partition coefficient (Wildman–Crippen LogP) is 6.23. The predicted molar refractivity (Wildman–Crippen MR) is 117 cm³/mol. The minimum atomic E-state index is -0.131. The maximum absolute atomic E-state index is 13.1. The molecule has 0 bridgehead atoms. The van der Waals surface area contributed by atoms with Gasteiger partial charge in [0, 0.05) is 16.6 Å². The molecule has 3 aromatic carbocycles. The Bertz CT molecular complexity index is 1190. The largest absolute Gasteiger partial charge is 0.438 e. The fourth-order valence-electron chi connectivity index (χ4n) is 3.95. The highest BCUT2D eigenvalue weighted by atomic mass is 79.9. The first kappa shape index (κ1) is 18.1. The lowest BCUT2D eigenvalue weighted by molar-refractivity contribution is 0.0717. The quantitative estimate of drug-likeness (QED) is 0.374. The highest BCUT2D eigenvalue weighted by Gasteiger charge is 2.34. The molecule has 0 unspecified atom stereocenters. The second-order valence-corrected chi connectivity index (χ2v) is 8.18. The zero-order chi connectivity index (χ0) is 19.8. The summed E-state index contributed by atoms with van der Waals surface area (Å²) in [7, 11) is 0. The molecule has 4 aromatic rings. The lowest BCUT2D eigenvalue weighted by Crippen LogP contribution is -2.30. The van der Waals surface area contributed by atoms with Crippen LogP contribution in [0.3, 0.4) is 0 Å². The van der Waals surface area contributed by atoms with E-state index in [9.17, 15) is 4.79 Å². The Balaban J connectivity index is 1.47. The van der Waals surface area contributed by atoms with E-state index in [1.54, 1.807) is 0 Å². The molecule has 1 aliphatic heterocycles. The third kappa shape index (κ3) is 3.47. The first-order valence-corrected chi connectivity index (χ1v) is 10.5. The smallest absolute Gasteiger partial charge is 0.254 e. The molecule has 0 radical (unpaired) electrons. The van der Waals surface area contributed by atoms with E-state index in [1.807, 2.05) is 65.6 Å². The van der Waals surface area contributed by atoms with E-state index in [1.165, 1.54) is 0 Å². The summed E-state index contributed by atoms with van der Waals surface area (Å²) in [4.78, 5) is 19.7. The Hall–Kier alpha value is -2.92. The number of carbonyl (C=O) groups is 1. The molecule has 0 saturated carbocycles. The highest BCUT2D eigenvalue weighted by Crippen LogP contribution is 2.35.